The summed E-state index contributed by atoms with van der Waals surface area (Å²) in [4.78, 5) is 10.8. The van der Waals surface area contributed by atoms with Crippen LogP contribution < -0.4 is 0 Å². The highest BCUT2D eigenvalue weighted by atomic mass is 19.4. The van der Waals surface area contributed by atoms with Gasteiger partial charge in [-0.1, -0.05) is 0 Å². The Morgan fingerprint density at radius 1 is 1.35 bits per heavy atom. The molecule has 1 N–H and O–H groups in total. The molecule has 2 rings (SSSR count). The monoisotopic (exact) mass is 245 g/mol. The van der Waals surface area contributed by atoms with E-state index in [2.05, 4.69) is 10.2 Å². The van der Waals surface area contributed by atoms with Gasteiger partial charge < -0.3 is 5.11 Å². The number of halogens is 3. The number of carbonyl (C=O) groups is 1. The van der Waals surface area contributed by atoms with Crippen molar-refractivity contribution in [3.63, 3.8) is 0 Å². The number of hydrogen-bond acceptors (Lipinski definition) is 3. The van der Waals surface area contributed by atoms with Crippen molar-refractivity contribution in [3.05, 3.63) is 29.2 Å². The molecule has 90 valence electrons. The molecule has 5 nitrogen and oxygen atoms in total. The minimum atomic E-state index is -4.59. The maximum absolute atomic E-state index is 12.7. The molecule has 0 unspecified atom stereocenters. The highest BCUT2D eigenvalue weighted by Crippen LogP contribution is 2.30. The van der Waals surface area contributed by atoms with Gasteiger partial charge in [0, 0.05) is 0 Å². The van der Waals surface area contributed by atoms with Crippen molar-refractivity contribution in [2.45, 2.75) is 13.1 Å². The van der Waals surface area contributed by atoms with Crippen LogP contribution in [-0.4, -0.2) is 25.7 Å². The molecule has 0 aromatic carbocycles. The largest absolute Gasteiger partial charge is 0.478 e. The van der Waals surface area contributed by atoms with Crippen LogP contribution in [0.2, 0.25) is 0 Å². The Bertz CT molecular complexity index is 603. The summed E-state index contributed by atoms with van der Waals surface area (Å²) in [5.74, 6) is -1.37. The molecule has 8 heteroatoms. The van der Waals surface area contributed by atoms with Crippen LogP contribution in [0.25, 0.3) is 5.65 Å². The van der Waals surface area contributed by atoms with Crippen molar-refractivity contribution in [3.8, 4) is 0 Å². The summed E-state index contributed by atoms with van der Waals surface area (Å²) in [6.45, 7) is 1.32. The van der Waals surface area contributed by atoms with E-state index in [1.165, 1.54) is 6.92 Å². The van der Waals surface area contributed by atoms with Crippen LogP contribution in [0.15, 0.2) is 12.1 Å². The Morgan fingerprint density at radius 2 is 2.00 bits per heavy atom. The van der Waals surface area contributed by atoms with Gasteiger partial charge >= 0.3 is 12.1 Å². The first-order chi connectivity index (χ1) is 7.82. The Kier molecular flexibility index (Phi) is 2.30. The van der Waals surface area contributed by atoms with Crippen LogP contribution >= 0.6 is 0 Å². The molecule has 2 aromatic heterocycles. The maximum Gasteiger partial charge on any atom is 0.431 e. The quantitative estimate of drug-likeness (QED) is 0.831. The lowest BCUT2D eigenvalue weighted by Crippen LogP contribution is -2.14. The molecule has 2 heterocycles. The number of pyridine rings is 1. The highest BCUT2D eigenvalue weighted by molar-refractivity contribution is 5.94. The first kappa shape index (κ1) is 11.4. The molecular formula is C9H6F3N3O2. The number of carboxylic acid groups (broad SMARTS) is 1. The van der Waals surface area contributed by atoms with Crippen LogP contribution in [0, 0.1) is 6.92 Å². The summed E-state index contributed by atoms with van der Waals surface area (Å²) in [6.07, 6.45) is -4.59. The van der Waals surface area contributed by atoms with E-state index in [0.29, 0.717) is 10.5 Å². The first-order valence-electron chi connectivity index (χ1n) is 4.47. The van der Waals surface area contributed by atoms with Gasteiger partial charge in [0.15, 0.2) is 5.65 Å². The topological polar surface area (TPSA) is 67.5 Å². The lowest BCUT2D eigenvalue weighted by Gasteiger charge is -2.10. The second-order valence-electron chi connectivity index (χ2n) is 3.34. The van der Waals surface area contributed by atoms with Crippen molar-refractivity contribution in [1.82, 2.24) is 14.6 Å². The predicted octanol–water partition coefficient (Wildman–Crippen LogP) is 1.75. The van der Waals surface area contributed by atoms with Gasteiger partial charge in [0.25, 0.3) is 0 Å². The molecule has 0 bridgehead atoms. The molecule has 0 saturated carbocycles. The highest BCUT2D eigenvalue weighted by Gasteiger charge is 2.35. The number of alkyl halides is 3. The normalized spacial score (nSPS) is 12.0. The zero-order valence-electron chi connectivity index (χ0n) is 8.49. The fourth-order valence-corrected chi connectivity index (χ4v) is 1.52. The predicted molar refractivity (Wildman–Crippen MR) is 49.7 cm³/mol. The summed E-state index contributed by atoms with van der Waals surface area (Å²) in [7, 11) is 0. The number of hydrogen-bond donors (Lipinski definition) is 1. The molecule has 0 saturated heterocycles. The number of carboxylic acids is 1. The standard InChI is InChI=1S/C9H6F3N3O2/c1-4-13-14-7-5(8(16)17)2-3-6(15(4)7)9(10,11)12/h2-3H,1H3,(H,16,17). The van der Waals surface area contributed by atoms with Gasteiger partial charge in [-0.05, 0) is 19.1 Å². The van der Waals surface area contributed by atoms with Crippen LogP contribution in [-0.2, 0) is 6.18 Å². The van der Waals surface area contributed by atoms with Crippen LogP contribution in [0.4, 0.5) is 13.2 Å². The van der Waals surface area contributed by atoms with E-state index >= 15 is 0 Å². The molecule has 0 atom stereocenters. The van der Waals surface area contributed by atoms with E-state index < -0.39 is 17.8 Å². The fraction of sp³-hybridized carbons (Fsp3) is 0.222. The van der Waals surface area contributed by atoms with Crippen LogP contribution in [0.1, 0.15) is 21.9 Å². The molecule has 0 aliphatic carbocycles. The van der Waals surface area contributed by atoms with Gasteiger partial charge in [-0.2, -0.15) is 13.2 Å². The molecule has 0 spiro atoms. The average molecular weight is 245 g/mol. The molecular weight excluding hydrogens is 239 g/mol. The molecule has 0 aliphatic heterocycles. The Morgan fingerprint density at radius 3 is 2.53 bits per heavy atom. The van der Waals surface area contributed by atoms with Gasteiger partial charge in [0.2, 0.25) is 0 Å². The lowest BCUT2D eigenvalue weighted by molar-refractivity contribution is -0.142. The number of rotatable bonds is 1. The van der Waals surface area contributed by atoms with Gasteiger partial charge in [-0.15, -0.1) is 10.2 Å². The Hall–Kier alpha value is -2.12. The van der Waals surface area contributed by atoms with E-state index in [1.54, 1.807) is 0 Å². The molecule has 2 aromatic rings. The maximum atomic E-state index is 12.7. The van der Waals surface area contributed by atoms with Crippen molar-refractivity contribution >= 4 is 11.6 Å². The fourth-order valence-electron chi connectivity index (χ4n) is 1.52. The third-order valence-electron chi connectivity index (χ3n) is 2.24. The van der Waals surface area contributed by atoms with Gasteiger partial charge in [0.1, 0.15) is 17.1 Å². The first-order valence-corrected chi connectivity index (χ1v) is 4.47. The molecule has 0 amide bonds. The summed E-state index contributed by atoms with van der Waals surface area (Å²) in [5.41, 5.74) is -1.64. The SMILES string of the molecule is Cc1nnc2c(C(=O)O)ccc(C(F)(F)F)n12. The third kappa shape index (κ3) is 1.71. The van der Waals surface area contributed by atoms with Crippen molar-refractivity contribution in [1.29, 1.82) is 0 Å². The van der Waals surface area contributed by atoms with Crippen LogP contribution in [0.5, 0.6) is 0 Å². The summed E-state index contributed by atoms with van der Waals surface area (Å²) in [5, 5.41) is 15.7. The van der Waals surface area contributed by atoms with Crippen molar-refractivity contribution in [2.75, 3.05) is 0 Å². The Labute approximate surface area is 92.5 Å². The molecule has 0 fully saturated rings. The number of aromatic nitrogens is 3. The molecule has 0 aliphatic rings. The van der Waals surface area contributed by atoms with Gasteiger partial charge in [0.05, 0.1) is 0 Å². The third-order valence-corrected chi connectivity index (χ3v) is 2.24. The van der Waals surface area contributed by atoms with E-state index in [-0.39, 0.29) is 17.0 Å². The summed E-state index contributed by atoms with van der Waals surface area (Å²) >= 11 is 0. The lowest BCUT2D eigenvalue weighted by atomic mass is 10.2. The van der Waals surface area contributed by atoms with E-state index in [1.807, 2.05) is 0 Å². The number of fused-ring (bicyclic) bond motifs is 1. The van der Waals surface area contributed by atoms with E-state index in [4.69, 9.17) is 5.11 Å². The van der Waals surface area contributed by atoms with Crippen LogP contribution in [0.3, 0.4) is 0 Å². The number of aryl methyl sites for hydroxylation is 1. The number of nitrogens with zero attached hydrogens (tertiary/aromatic N) is 3. The summed E-state index contributed by atoms with van der Waals surface area (Å²) < 4.78 is 38.7. The van der Waals surface area contributed by atoms with Gasteiger partial charge in [-0.3, -0.25) is 4.40 Å². The minimum absolute atomic E-state index is 0.0181. The zero-order chi connectivity index (χ0) is 12.8. The van der Waals surface area contributed by atoms with E-state index in [9.17, 15) is 18.0 Å². The molecule has 0 radical (unpaired) electrons. The van der Waals surface area contributed by atoms with Crippen molar-refractivity contribution < 1.29 is 23.1 Å². The smallest absolute Gasteiger partial charge is 0.431 e. The van der Waals surface area contributed by atoms with Gasteiger partial charge in [-0.25, -0.2) is 4.79 Å². The zero-order valence-corrected chi connectivity index (χ0v) is 8.49. The Balaban J connectivity index is 2.87. The van der Waals surface area contributed by atoms with E-state index in [0.717, 1.165) is 6.07 Å². The number of aromatic carboxylic acids is 1. The second kappa shape index (κ2) is 3.44. The second-order valence-corrected chi connectivity index (χ2v) is 3.34. The summed E-state index contributed by atoms with van der Waals surface area (Å²) in [6, 6.07) is 1.57. The van der Waals surface area contributed by atoms with Crippen molar-refractivity contribution in [2.24, 2.45) is 0 Å². The minimum Gasteiger partial charge on any atom is -0.478 e. The molecule has 17 heavy (non-hydrogen) atoms. The average Bonchev–Trinajstić information content (AvgIpc) is 2.58.